The van der Waals surface area contributed by atoms with Gasteiger partial charge in [0.1, 0.15) is 23.6 Å². The van der Waals surface area contributed by atoms with Crippen LogP contribution in [0, 0.1) is 5.82 Å². The van der Waals surface area contributed by atoms with Gasteiger partial charge < -0.3 is 10.3 Å². The Morgan fingerprint density at radius 2 is 1.77 bits per heavy atom. The van der Waals surface area contributed by atoms with E-state index in [2.05, 4.69) is 9.97 Å². The van der Waals surface area contributed by atoms with Gasteiger partial charge in [-0.2, -0.15) is 13.2 Å². The topological polar surface area (TPSA) is 56.7 Å². The highest BCUT2D eigenvalue weighted by atomic mass is 19.4. The SMILES string of the molecule is Nc1ncnc2c1c(C(F)(F)F)cn2Cc1ccc(F)cc1. The molecule has 114 valence electrons. The number of fused-ring (bicyclic) bond motifs is 1. The van der Waals surface area contributed by atoms with Crippen LogP contribution in [-0.4, -0.2) is 14.5 Å². The lowest BCUT2D eigenvalue weighted by atomic mass is 10.2. The molecule has 0 aliphatic heterocycles. The van der Waals surface area contributed by atoms with Crippen molar-refractivity contribution in [2.24, 2.45) is 0 Å². The highest BCUT2D eigenvalue weighted by Gasteiger charge is 2.36. The Kier molecular flexibility index (Phi) is 3.23. The molecule has 2 aromatic heterocycles. The molecule has 0 amide bonds. The highest BCUT2D eigenvalue weighted by Crippen LogP contribution is 2.37. The summed E-state index contributed by atoms with van der Waals surface area (Å²) in [6.45, 7) is 0.114. The average Bonchev–Trinajstić information content (AvgIpc) is 2.82. The number of nitrogens with two attached hydrogens (primary N) is 1. The van der Waals surface area contributed by atoms with Gasteiger partial charge in [0.15, 0.2) is 0 Å². The van der Waals surface area contributed by atoms with Crippen molar-refractivity contribution in [3.8, 4) is 0 Å². The summed E-state index contributed by atoms with van der Waals surface area (Å²) in [5, 5.41) is -0.225. The molecule has 2 N–H and O–H groups in total. The molecule has 0 radical (unpaired) electrons. The van der Waals surface area contributed by atoms with Crippen LogP contribution in [0.25, 0.3) is 11.0 Å². The first-order chi connectivity index (χ1) is 10.4. The second-order valence-corrected chi connectivity index (χ2v) is 4.75. The standard InChI is InChI=1S/C14H10F4N4/c15-9-3-1-8(2-4-9)5-22-6-10(14(16,17)18)11-12(19)20-7-21-13(11)22/h1-4,6-7H,5H2,(H2,19,20,21). The van der Waals surface area contributed by atoms with Gasteiger partial charge in [-0.25, -0.2) is 14.4 Å². The van der Waals surface area contributed by atoms with Crippen LogP contribution in [0.3, 0.4) is 0 Å². The summed E-state index contributed by atoms with van der Waals surface area (Å²) in [6.07, 6.45) is -2.51. The van der Waals surface area contributed by atoms with Crippen molar-refractivity contribution in [3.05, 3.63) is 53.7 Å². The number of nitrogens with zero attached hydrogens (tertiary/aromatic N) is 3. The summed E-state index contributed by atoms with van der Waals surface area (Å²) < 4.78 is 53.6. The minimum Gasteiger partial charge on any atom is -0.383 e. The summed E-state index contributed by atoms with van der Waals surface area (Å²) in [5.41, 5.74) is 5.41. The molecule has 0 spiro atoms. The maximum Gasteiger partial charge on any atom is 0.418 e. The fourth-order valence-corrected chi connectivity index (χ4v) is 2.27. The molecule has 4 nitrogen and oxygen atoms in total. The molecule has 0 atom stereocenters. The van der Waals surface area contributed by atoms with Gasteiger partial charge in [0, 0.05) is 12.7 Å². The zero-order valence-electron chi connectivity index (χ0n) is 11.1. The summed E-state index contributed by atoms with van der Waals surface area (Å²) in [5.74, 6) is -0.640. The lowest BCUT2D eigenvalue weighted by Gasteiger charge is -2.05. The smallest absolute Gasteiger partial charge is 0.383 e. The number of hydrogen-bond acceptors (Lipinski definition) is 3. The third kappa shape index (κ3) is 2.47. The first kappa shape index (κ1) is 14.3. The molecule has 0 bridgehead atoms. The van der Waals surface area contributed by atoms with E-state index in [1.807, 2.05) is 0 Å². The number of hydrogen-bond donors (Lipinski definition) is 1. The van der Waals surface area contributed by atoms with E-state index in [-0.39, 0.29) is 23.4 Å². The summed E-state index contributed by atoms with van der Waals surface area (Å²) in [7, 11) is 0. The van der Waals surface area contributed by atoms with Crippen molar-refractivity contribution >= 4 is 16.9 Å². The number of aromatic nitrogens is 3. The van der Waals surface area contributed by atoms with Gasteiger partial charge in [0.25, 0.3) is 0 Å². The van der Waals surface area contributed by atoms with Crippen molar-refractivity contribution in [1.82, 2.24) is 14.5 Å². The van der Waals surface area contributed by atoms with Crippen LogP contribution in [0.15, 0.2) is 36.8 Å². The molecule has 3 rings (SSSR count). The Morgan fingerprint density at radius 3 is 2.41 bits per heavy atom. The van der Waals surface area contributed by atoms with E-state index in [9.17, 15) is 17.6 Å². The van der Waals surface area contributed by atoms with Crippen molar-refractivity contribution in [2.75, 3.05) is 5.73 Å². The van der Waals surface area contributed by atoms with E-state index >= 15 is 0 Å². The van der Waals surface area contributed by atoms with E-state index in [1.165, 1.54) is 28.8 Å². The predicted octanol–water partition coefficient (Wildman–Crippen LogP) is 3.22. The number of rotatable bonds is 2. The van der Waals surface area contributed by atoms with Crippen molar-refractivity contribution in [1.29, 1.82) is 0 Å². The lowest BCUT2D eigenvalue weighted by Crippen LogP contribution is -2.05. The average molecular weight is 310 g/mol. The van der Waals surface area contributed by atoms with E-state index in [4.69, 9.17) is 5.73 Å². The van der Waals surface area contributed by atoms with Crippen LogP contribution in [0.4, 0.5) is 23.4 Å². The molecule has 3 aromatic rings. The van der Waals surface area contributed by atoms with Gasteiger partial charge in [0.05, 0.1) is 10.9 Å². The number of anilines is 1. The van der Waals surface area contributed by atoms with Crippen LogP contribution >= 0.6 is 0 Å². The minimum absolute atomic E-state index is 0.0872. The van der Waals surface area contributed by atoms with Gasteiger partial charge in [-0.3, -0.25) is 0 Å². The molecule has 2 heterocycles. The molecule has 0 saturated heterocycles. The predicted molar refractivity (Wildman–Crippen MR) is 72.4 cm³/mol. The van der Waals surface area contributed by atoms with Crippen LogP contribution in [-0.2, 0) is 12.7 Å². The molecule has 0 fully saturated rings. The molecular formula is C14H10F4N4. The normalized spacial score (nSPS) is 12.0. The molecule has 22 heavy (non-hydrogen) atoms. The Balaban J connectivity index is 2.14. The van der Waals surface area contributed by atoms with Crippen molar-refractivity contribution in [2.45, 2.75) is 12.7 Å². The maximum atomic E-state index is 13.1. The van der Waals surface area contributed by atoms with Crippen LogP contribution in [0.1, 0.15) is 11.1 Å². The van der Waals surface area contributed by atoms with Crippen molar-refractivity contribution in [3.63, 3.8) is 0 Å². The molecule has 8 heteroatoms. The largest absolute Gasteiger partial charge is 0.418 e. The number of nitrogen functional groups attached to an aromatic ring is 1. The zero-order chi connectivity index (χ0) is 15.9. The van der Waals surface area contributed by atoms with E-state index in [1.54, 1.807) is 0 Å². The lowest BCUT2D eigenvalue weighted by molar-refractivity contribution is -0.136. The monoisotopic (exact) mass is 310 g/mol. The Hall–Kier alpha value is -2.64. The molecule has 0 unspecified atom stereocenters. The Bertz CT molecular complexity index is 821. The highest BCUT2D eigenvalue weighted by molar-refractivity contribution is 5.90. The first-order valence-corrected chi connectivity index (χ1v) is 6.27. The molecule has 0 aliphatic rings. The first-order valence-electron chi connectivity index (χ1n) is 6.27. The van der Waals surface area contributed by atoms with Gasteiger partial charge in [-0.1, -0.05) is 12.1 Å². The zero-order valence-corrected chi connectivity index (χ0v) is 11.1. The van der Waals surface area contributed by atoms with Crippen molar-refractivity contribution < 1.29 is 17.6 Å². The summed E-state index contributed by atoms with van der Waals surface area (Å²) in [4.78, 5) is 7.50. The molecule has 1 aromatic carbocycles. The van der Waals surface area contributed by atoms with Gasteiger partial charge in [-0.05, 0) is 17.7 Å². The van der Waals surface area contributed by atoms with Crippen LogP contribution in [0.2, 0.25) is 0 Å². The summed E-state index contributed by atoms with van der Waals surface area (Å²) >= 11 is 0. The molecule has 0 saturated carbocycles. The number of benzene rings is 1. The van der Waals surface area contributed by atoms with E-state index in [0.717, 1.165) is 12.5 Å². The maximum absolute atomic E-state index is 13.1. The Morgan fingerprint density at radius 1 is 1.09 bits per heavy atom. The van der Waals surface area contributed by atoms with Gasteiger partial charge in [0.2, 0.25) is 0 Å². The summed E-state index contributed by atoms with van der Waals surface area (Å²) in [6, 6.07) is 5.49. The van der Waals surface area contributed by atoms with E-state index < -0.39 is 17.6 Å². The third-order valence-electron chi connectivity index (χ3n) is 3.25. The number of halogens is 4. The number of alkyl halides is 3. The quantitative estimate of drug-likeness (QED) is 0.739. The minimum atomic E-state index is -4.56. The molecular weight excluding hydrogens is 300 g/mol. The van der Waals surface area contributed by atoms with Crippen LogP contribution < -0.4 is 5.73 Å². The van der Waals surface area contributed by atoms with Gasteiger partial charge in [-0.15, -0.1) is 0 Å². The second kappa shape index (κ2) is 4.97. The van der Waals surface area contributed by atoms with E-state index in [0.29, 0.717) is 5.56 Å². The van der Waals surface area contributed by atoms with Crippen LogP contribution in [0.5, 0.6) is 0 Å². The third-order valence-corrected chi connectivity index (χ3v) is 3.25. The fraction of sp³-hybridized carbons (Fsp3) is 0.143. The fourth-order valence-electron chi connectivity index (χ4n) is 2.27. The van der Waals surface area contributed by atoms with Gasteiger partial charge >= 0.3 is 6.18 Å². The Labute approximate surface area is 122 Å². The second-order valence-electron chi connectivity index (χ2n) is 4.75. The molecule has 0 aliphatic carbocycles.